The average Bonchev–Trinajstić information content (AvgIpc) is 3.41. The van der Waals surface area contributed by atoms with Crippen molar-refractivity contribution in [2.24, 2.45) is 0 Å². The Labute approximate surface area is 424 Å². The summed E-state index contributed by atoms with van der Waals surface area (Å²) in [6.07, 6.45) is 0. The molecule has 11 rings (SSSR count). The minimum atomic E-state index is -0.0239. The maximum Gasteiger partial charge on any atom is 0.243 e. The molecule has 346 valence electrons. The summed E-state index contributed by atoms with van der Waals surface area (Å²) in [5, 5.41) is 2.26. The first-order chi connectivity index (χ1) is 35.2. The van der Waals surface area contributed by atoms with Gasteiger partial charge < -0.3 is 0 Å². The van der Waals surface area contributed by atoms with Crippen LogP contribution < -0.4 is 21.3 Å². The van der Waals surface area contributed by atoms with E-state index in [9.17, 15) is 0 Å². The maximum atomic E-state index is 5.58. The molecule has 0 aliphatic heterocycles. The number of rotatable bonds is 11. The van der Waals surface area contributed by atoms with Gasteiger partial charge in [0.15, 0.2) is 11.6 Å². The molecule has 0 amide bonds. The van der Waals surface area contributed by atoms with E-state index in [1.807, 2.05) is 18.2 Å². The lowest BCUT2D eigenvalue weighted by Gasteiger charge is -2.29. The first-order valence-electron chi connectivity index (χ1n) is 24.9. The predicted molar refractivity (Wildman–Crippen MR) is 305 cm³/mol. The highest BCUT2D eigenvalue weighted by molar-refractivity contribution is 6.98. The largest absolute Gasteiger partial charge is 0.278 e. The van der Waals surface area contributed by atoms with Crippen LogP contribution in [0.3, 0.4) is 0 Å². The van der Waals surface area contributed by atoms with Crippen molar-refractivity contribution in [3.05, 3.63) is 258 Å². The average molecular weight is 927 g/mol. The van der Waals surface area contributed by atoms with E-state index in [1.54, 1.807) is 0 Å². The molecule has 10 aromatic carbocycles. The van der Waals surface area contributed by atoms with Crippen molar-refractivity contribution in [2.45, 2.75) is 41.5 Å². The van der Waals surface area contributed by atoms with E-state index >= 15 is 0 Å². The van der Waals surface area contributed by atoms with Crippen molar-refractivity contribution in [1.82, 2.24) is 15.0 Å². The Hall–Kier alpha value is -8.67. The minimum absolute atomic E-state index is 0.0239. The van der Waals surface area contributed by atoms with Crippen molar-refractivity contribution in [1.29, 1.82) is 0 Å². The molecule has 0 saturated heterocycles. The van der Waals surface area contributed by atoms with Gasteiger partial charge in [-0.3, -0.25) is 4.90 Å². The second-order valence-electron chi connectivity index (χ2n) is 19.2. The van der Waals surface area contributed by atoms with Crippen LogP contribution in [-0.4, -0.2) is 21.7 Å². The number of aryl methyl sites for hydroxylation is 6. The molecule has 0 unspecified atom stereocenters. The van der Waals surface area contributed by atoms with Gasteiger partial charge in [-0.2, -0.15) is 9.97 Å². The summed E-state index contributed by atoms with van der Waals surface area (Å²) in [5.74, 6) is 1.68. The van der Waals surface area contributed by atoms with E-state index in [0.717, 1.165) is 61.3 Å². The highest BCUT2D eigenvalue weighted by atomic mass is 15.3. The molecule has 0 fully saturated rings. The van der Waals surface area contributed by atoms with Crippen LogP contribution in [0, 0.1) is 41.5 Å². The Bertz CT molecular complexity index is 3600. The number of anilines is 3. The molecule has 0 spiro atoms. The van der Waals surface area contributed by atoms with Crippen molar-refractivity contribution in [3.63, 3.8) is 0 Å². The monoisotopic (exact) mass is 926 g/mol. The van der Waals surface area contributed by atoms with Crippen LogP contribution in [0.1, 0.15) is 33.4 Å². The molecule has 0 N–H and O–H groups in total. The number of fused-ring (bicyclic) bond motifs is 1. The van der Waals surface area contributed by atoms with Crippen LogP contribution in [0.25, 0.3) is 66.9 Å². The van der Waals surface area contributed by atoms with Crippen LogP contribution in [0.2, 0.25) is 0 Å². The summed E-state index contributed by atoms with van der Waals surface area (Å²) in [4.78, 5) is 18.6. The third-order valence-electron chi connectivity index (χ3n) is 14.0. The van der Waals surface area contributed by atoms with Gasteiger partial charge in [0.25, 0.3) is 0 Å². The van der Waals surface area contributed by atoms with E-state index in [1.165, 1.54) is 55.2 Å². The molecule has 11 aromatic rings. The molecule has 4 nitrogen and oxygen atoms in total. The summed E-state index contributed by atoms with van der Waals surface area (Å²) in [6.45, 7) is 13.5. The summed E-state index contributed by atoms with van der Waals surface area (Å²) in [6, 6.07) is 80.3. The maximum absolute atomic E-state index is 5.58. The Morgan fingerprint density at radius 3 is 1.25 bits per heavy atom. The van der Waals surface area contributed by atoms with Gasteiger partial charge >= 0.3 is 0 Å². The molecule has 0 saturated carbocycles. The smallest absolute Gasteiger partial charge is 0.243 e. The lowest BCUT2D eigenvalue weighted by atomic mass is 9.33. The number of benzene rings is 10. The van der Waals surface area contributed by atoms with Gasteiger partial charge in [-0.05, 0) is 117 Å². The molecular formula is C67H55BN4. The second-order valence-corrected chi connectivity index (χ2v) is 19.2. The van der Waals surface area contributed by atoms with Gasteiger partial charge in [-0.15, -0.1) is 0 Å². The van der Waals surface area contributed by atoms with Crippen molar-refractivity contribution in [2.75, 3.05) is 4.90 Å². The van der Waals surface area contributed by atoms with E-state index in [0.29, 0.717) is 17.6 Å². The lowest BCUT2D eigenvalue weighted by Crippen LogP contribution is -2.56. The molecule has 0 bridgehead atoms. The molecule has 0 aliphatic carbocycles. The molecular weight excluding hydrogens is 872 g/mol. The van der Waals surface area contributed by atoms with Crippen LogP contribution >= 0.6 is 0 Å². The fraction of sp³-hybridized carbons (Fsp3) is 0.0896. The SMILES string of the molecule is Cc1cc(C)c(B(c2c(C)cc(C)cc2C)c2ccc(N(c3cccc(-c4ccccc4)c3)c3nc(-c4ccccc4)nc(-c4cc(-c5ccccc5)cc(-c5ccccc5)c4)n3)c3ccccc23)c(C)c1. The minimum Gasteiger partial charge on any atom is -0.278 e. The second kappa shape index (κ2) is 19.6. The van der Waals surface area contributed by atoms with Gasteiger partial charge in [0.1, 0.15) is 0 Å². The molecule has 0 atom stereocenters. The van der Waals surface area contributed by atoms with Gasteiger partial charge in [-0.1, -0.05) is 238 Å². The topological polar surface area (TPSA) is 41.9 Å². The van der Waals surface area contributed by atoms with Crippen LogP contribution in [0.4, 0.5) is 17.3 Å². The summed E-state index contributed by atoms with van der Waals surface area (Å²) < 4.78 is 0. The van der Waals surface area contributed by atoms with E-state index in [4.69, 9.17) is 15.0 Å². The number of nitrogens with zero attached hydrogens (tertiary/aromatic N) is 4. The summed E-state index contributed by atoms with van der Waals surface area (Å²) in [5.41, 5.74) is 22.0. The van der Waals surface area contributed by atoms with Gasteiger partial charge in [0, 0.05) is 22.2 Å². The zero-order valence-corrected chi connectivity index (χ0v) is 41.7. The van der Waals surface area contributed by atoms with Crippen LogP contribution in [0.5, 0.6) is 0 Å². The van der Waals surface area contributed by atoms with Crippen LogP contribution in [0.15, 0.2) is 224 Å². The zero-order chi connectivity index (χ0) is 49.3. The molecule has 0 aliphatic rings. The first kappa shape index (κ1) is 45.8. The summed E-state index contributed by atoms with van der Waals surface area (Å²) in [7, 11) is 0. The van der Waals surface area contributed by atoms with Crippen molar-refractivity contribution >= 4 is 51.2 Å². The summed E-state index contributed by atoms with van der Waals surface area (Å²) >= 11 is 0. The Morgan fingerprint density at radius 2 is 0.736 bits per heavy atom. The molecule has 1 heterocycles. The number of aromatic nitrogens is 3. The third-order valence-corrected chi connectivity index (χ3v) is 14.0. The fourth-order valence-electron chi connectivity index (χ4n) is 11.0. The Kier molecular flexibility index (Phi) is 12.5. The van der Waals surface area contributed by atoms with E-state index in [-0.39, 0.29) is 6.71 Å². The fourth-order valence-corrected chi connectivity index (χ4v) is 11.0. The highest BCUT2D eigenvalue weighted by Gasteiger charge is 2.31. The molecule has 0 radical (unpaired) electrons. The van der Waals surface area contributed by atoms with Gasteiger partial charge in [0.2, 0.25) is 12.7 Å². The molecule has 1 aromatic heterocycles. The zero-order valence-electron chi connectivity index (χ0n) is 41.7. The van der Waals surface area contributed by atoms with Crippen molar-refractivity contribution < 1.29 is 0 Å². The quantitative estimate of drug-likeness (QED) is 0.121. The number of hydrogen-bond donors (Lipinski definition) is 0. The van der Waals surface area contributed by atoms with E-state index < -0.39 is 0 Å². The first-order valence-corrected chi connectivity index (χ1v) is 24.9. The lowest BCUT2D eigenvalue weighted by molar-refractivity contribution is 1.02. The van der Waals surface area contributed by atoms with Crippen LogP contribution in [-0.2, 0) is 0 Å². The normalized spacial score (nSPS) is 11.2. The Morgan fingerprint density at radius 1 is 0.319 bits per heavy atom. The number of hydrogen-bond acceptors (Lipinski definition) is 4. The highest BCUT2D eigenvalue weighted by Crippen LogP contribution is 2.41. The molecule has 5 heteroatoms. The predicted octanol–water partition coefficient (Wildman–Crippen LogP) is 15.2. The molecule has 72 heavy (non-hydrogen) atoms. The third kappa shape index (κ3) is 9.02. The van der Waals surface area contributed by atoms with Crippen molar-refractivity contribution in [3.8, 4) is 56.2 Å². The standard InChI is InChI=1S/C67H55BN4/c1-44-36-46(3)63(47(4)37-44)68(64-48(5)38-45(2)39-49(64)6)61-34-35-62(60-33-20-19-32-59(60)61)72(58-31-21-30-54(43-58)50-22-11-7-12-23-50)67-70-65(53-28-17-10-18-29-53)69-66(71-67)57-41-55(51-24-13-8-14-25-51)40-56(42-57)52-26-15-9-16-27-52/h7-43H,1-6H3. The van der Waals surface area contributed by atoms with Gasteiger partial charge in [-0.25, -0.2) is 4.98 Å². The van der Waals surface area contributed by atoms with E-state index in [2.05, 4.69) is 253 Å². The van der Waals surface area contributed by atoms with Gasteiger partial charge in [0.05, 0.1) is 5.69 Å². The Balaban J connectivity index is 1.19.